The van der Waals surface area contributed by atoms with E-state index in [9.17, 15) is 9.59 Å². The first kappa shape index (κ1) is 16.3. The number of hydrogen-bond acceptors (Lipinski definition) is 5. The molecule has 132 valence electrons. The van der Waals surface area contributed by atoms with E-state index in [0.717, 1.165) is 4.88 Å². The third-order valence-electron chi connectivity index (χ3n) is 3.98. The second-order valence-corrected chi connectivity index (χ2v) is 6.77. The number of nitrogens with one attached hydrogen (secondary N) is 1. The molecule has 0 saturated heterocycles. The highest BCUT2D eigenvalue weighted by atomic mass is 32.1. The van der Waals surface area contributed by atoms with Crippen LogP contribution in [0.5, 0.6) is 5.75 Å². The number of para-hydroxylation sites is 2. The number of aromatic nitrogens is 2. The van der Waals surface area contributed by atoms with E-state index in [0.29, 0.717) is 23.8 Å². The van der Waals surface area contributed by atoms with E-state index in [1.54, 1.807) is 40.4 Å². The van der Waals surface area contributed by atoms with Gasteiger partial charge in [-0.2, -0.15) is 5.10 Å². The Balaban J connectivity index is 1.47. The number of carbonyl (C=O) groups excluding carboxylic acids is 2. The molecule has 0 spiro atoms. The summed E-state index contributed by atoms with van der Waals surface area (Å²) in [7, 11) is 0. The Kier molecular flexibility index (Phi) is 4.40. The summed E-state index contributed by atoms with van der Waals surface area (Å²) in [5.74, 6) is 0.661. The van der Waals surface area contributed by atoms with Gasteiger partial charge < -0.3 is 10.1 Å². The van der Waals surface area contributed by atoms with Crippen LogP contribution < -0.4 is 15.0 Å². The van der Waals surface area contributed by atoms with Gasteiger partial charge in [0.2, 0.25) is 5.91 Å². The van der Waals surface area contributed by atoms with Crippen LogP contribution in [0.2, 0.25) is 0 Å². The standard InChI is InChI=1S/C18H16N4O3S/c23-17(11-21-14-5-1-2-6-15(14)25-12-18(21)24)20-16-7-8-19-22(16)10-13-4-3-9-26-13/h1-9H,10-12H2,(H,20,23). The molecule has 0 unspecified atom stereocenters. The molecule has 4 rings (SSSR count). The van der Waals surface area contributed by atoms with Crippen molar-refractivity contribution in [1.29, 1.82) is 0 Å². The van der Waals surface area contributed by atoms with E-state index < -0.39 is 0 Å². The van der Waals surface area contributed by atoms with Crippen LogP contribution in [0.15, 0.2) is 54.0 Å². The molecule has 7 nitrogen and oxygen atoms in total. The van der Waals surface area contributed by atoms with Crippen molar-refractivity contribution in [2.24, 2.45) is 0 Å². The molecule has 1 aliphatic rings. The molecule has 26 heavy (non-hydrogen) atoms. The zero-order chi connectivity index (χ0) is 17.9. The van der Waals surface area contributed by atoms with Gasteiger partial charge in [0.1, 0.15) is 18.1 Å². The van der Waals surface area contributed by atoms with E-state index in [4.69, 9.17) is 4.74 Å². The van der Waals surface area contributed by atoms with Gasteiger partial charge in [0, 0.05) is 10.9 Å². The fourth-order valence-corrected chi connectivity index (χ4v) is 3.45. The number of rotatable bonds is 5. The molecule has 3 aromatic rings. The topological polar surface area (TPSA) is 76.5 Å². The molecule has 0 saturated carbocycles. The molecule has 0 atom stereocenters. The first-order valence-electron chi connectivity index (χ1n) is 8.07. The van der Waals surface area contributed by atoms with Crippen LogP contribution in [-0.4, -0.2) is 34.7 Å². The zero-order valence-electron chi connectivity index (χ0n) is 13.8. The highest BCUT2D eigenvalue weighted by molar-refractivity contribution is 7.09. The Morgan fingerprint density at radius 2 is 2.12 bits per heavy atom. The Labute approximate surface area is 153 Å². The van der Waals surface area contributed by atoms with Crippen molar-refractivity contribution in [3.8, 4) is 5.75 Å². The van der Waals surface area contributed by atoms with E-state index in [1.165, 1.54) is 4.90 Å². The average molecular weight is 368 g/mol. The Morgan fingerprint density at radius 3 is 2.96 bits per heavy atom. The summed E-state index contributed by atoms with van der Waals surface area (Å²) in [4.78, 5) is 27.3. The van der Waals surface area contributed by atoms with Crippen molar-refractivity contribution >= 4 is 34.7 Å². The summed E-state index contributed by atoms with van der Waals surface area (Å²) in [6, 6.07) is 12.9. The molecule has 0 fully saturated rings. The van der Waals surface area contributed by atoms with Crippen molar-refractivity contribution in [1.82, 2.24) is 9.78 Å². The molecule has 1 N–H and O–H groups in total. The van der Waals surface area contributed by atoms with Crippen LogP contribution in [0.3, 0.4) is 0 Å². The van der Waals surface area contributed by atoms with Gasteiger partial charge in [0.15, 0.2) is 6.61 Å². The summed E-state index contributed by atoms with van der Waals surface area (Å²) in [5.41, 5.74) is 0.603. The minimum atomic E-state index is -0.289. The zero-order valence-corrected chi connectivity index (χ0v) is 14.6. The van der Waals surface area contributed by atoms with Gasteiger partial charge in [-0.1, -0.05) is 18.2 Å². The molecular weight excluding hydrogens is 352 g/mol. The number of carbonyl (C=O) groups is 2. The predicted molar refractivity (Wildman–Crippen MR) is 98.6 cm³/mol. The fraction of sp³-hybridized carbons (Fsp3) is 0.167. The van der Waals surface area contributed by atoms with Gasteiger partial charge in [-0.3, -0.25) is 14.5 Å². The van der Waals surface area contributed by atoms with E-state index in [1.807, 2.05) is 29.6 Å². The second-order valence-electron chi connectivity index (χ2n) is 5.74. The summed E-state index contributed by atoms with van der Waals surface area (Å²) >= 11 is 1.63. The van der Waals surface area contributed by atoms with Crippen LogP contribution >= 0.6 is 11.3 Å². The van der Waals surface area contributed by atoms with Crippen LogP contribution in [-0.2, 0) is 16.1 Å². The summed E-state index contributed by atoms with van der Waals surface area (Å²) in [6.07, 6.45) is 1.64. The molecule has 2 amide bonds. The van der Waals surface area contributed by atoms with Crippen molar-refractivity contribution in [3.05, 3.63) is 58.9 Å². The lowest BCUT2D eigenvalue weighted by atomic mass is 10.2. The molecule has 8 heteroatoms. The number of benzene rings is 1. The SMILES string of the molecule is O=C(CN1C(=O)COc2ccccc21)Nc1ccnn1Cc1cccs1. The molecule has 1 aromatic carbocycles. The highest BCUT2D eigenvalue weighted by Crippen LogP contribution is 2.31. The number of thiophene rings is 1. The predicted octanol–water partition coefficient (Wildman–Crippen LogP) is 2.36. The van der Waals surface area contributed by atoms with Crippen molar-refractivity contribution in [2.75, 3.05) is 23.4 Å². The molecule has 0 bridgehead atoms. The first-order chi connectivity index (χ1) is 12.7. The molecule has 3 heterocycles. The summed E-state index contributed by atoms with van der Waals surface area (Å²) < 4.78 is 7.12. The van der Waals surface area contributed by atoms with Crippen molar-refractivity contribution < 1.29 is 14.3 Å². The third kappa shape index (κ3) is 3.31. The average Bonchev–Trinajstić information content (AvgIpc) is 3.30. The molecule has 0 radical (unpaired) electrons. The van der Waals surface area contributed by atoms with Gasteiger partial charge in [-0.25, -0.2) is 4.68 Å². The maximum Gasteiger partial charge on any atom is 0.265 e. The third-order valence-corrected chi connectivity index (χ3v) is 4.84. The van der Waals surface area contributed by atoms with Crippen LogP contribution in [0.25, 0.3) is 0 Å². The first-order valence-corrected chi connectivity index (χ1v) is 8.95. The van der Waals surface area contributed by atoms with Gasteiger partial charge in [0.25, 0.3) is 5.91 Å². The minimum absolute atomic E-state index is 0.0688. The quantitative estimate of drug-likeness (QED) is 0.750. The fourth-order valence-electron chi connectivity index (χ4n) is 2.77. The number of ether oxygens (including phenoxy) is 1. The minimum Gasteiger partial charge on any atom is -0.482 e. The molecular formula is C18H16N4O3S. The molecule has 1 aliphatic heterocycles. The number of nitrogens with zero attached hydrogens (tertiary/aromatic N) is 3. The second kappa shape index (κ2) is 7.01. The maximum atomic E-state index is 12.5. The van der Waals surface area contributed by atoms with Crippen LogP contribution in [0.4, 0.5) is 11.5 Å². The highest BCUT2D eigenvalue weighted by Gasteiger charge is 2.27. The Bertz CT molecular complexity index is 936. The number of hydrogen-bond donors (Lipinski definition) is 1. The number of fused-ring (bicyclic) bond motifs is 1. The lowest BCUT2D eigenvalue weighted by Gasteiger charge is -2.28. The Morgan fingerprint density at radius 1 is 1.23 bits per heavy atom. The largest absolute Gasteiger partial charge is 0.482 e. The smallest absolute Gasteiger partial charge is 0.265 e. The van der Waals surface area contributed by atoms with E-state index in [2.05, 4.69) is 10.4 Å². The number of amides is 2. The van der Waals surface area contributed by atoms with Crippen LogP contribution in [0.1, 0.15) is 4.88 Å². The summed E-state index contributed by atoms with van der Waals surface area (Å²) in [5, 5.41) is 9.08. The summed E-state index contributed by atoms with van der Waals surface area (Å²) in [6.45, 7) is 0.434. The monoisotopic (exact) mass is 368 g/mol. The van der Waals surface area contributed by atoms with E-state index >= 15 is 0 Å². The number of anilines is 2. The maximum absolute atomic E-state index is 12.5. The Hall–Kier alpha value is -3.13. The van der Waals surface area contributed by atoms with Crippen LogP contribution in [0, 0.1) is 0 Å². The lowest BCUT2D eigenvalue weighted by molar-refractivity contribution is -0.123. The van der Waals surface area contributed by atoms with Gasteiger partial charge >= 0.3 is 0 Å². The molecule has 0 aliphatic carbocycles. The van der Waals surface area contributed by atoms with E-state index in [-0.39, 0.29) is 25.0 Å². The van der Waals surface area contributed by atoms with Crippen molar-refractivity contribution in [3.63, 3.8) is 0 Å². The normalized spacial score (nSPS) is 13.2. The van der Waals surface area contributed by atoms with Gasteiger partial charge in [0.05, 0.1) is 18.4 Å². The van der Waals surface area contributed by atoms with Gasteiger partial charge in [-0.15, -0.1) is 11.3 Å². The molecule has 2 aromatic heterocycles. The van der Waals surface area contributed by atoms with Crippen molar-refractivity contribution in [2.45, 2.75) is 6.54 Å². The lowest BCUT2D eigenvalue weighted by Crippen LogP contribution is -2.43. The van der Waals surface area contributed by atoms with Gasteiger partial charge in [-0.05, 0) is 23.6 Å².